The van der Waals surface area contributed by atoms with Crippen LogP contribution in [-0.2, 0) is 11.3 Å². The van der Waals surface area contributed by atoms with Crippen LogP contribution in [0, 0.1) is 11.8 Å². The molecular weight excluding hydrogens is 571 g/mol. The van der Waals surface area contributed by atoms with Crippen LogP contribution in [0.15, 0.2) is 59.1 Å². The largest absolute Gasteiger partial charge is 0.489 e. The zero-order valence-corrected chi connectivity index (χ0v) is 24.3. The number of ether oxygens (including phenoxy) is 2. The number of carbonyl (C=O) groups is 1. The maximum Gasteiger partial charge on any atom is 0.337 e. The summed E-state index contributed by atoms with van der Waals surface area (Å²) >= 11 is 19.5. The van der Waals surface area contributed by atoms with E-state index in [0.29, 0.717) is 54.7 Å². The number of methoxy groups -OCH3 is 1. The molecule has 1 aliphatic carbocycles. The number of benzene rings is 3. The van der Waals surface area contributed by atoms with Gasteiger partial charge < -0.3 is 18.9 Å². The van der Waals surface area contributed by atoms with Crippen LogP contribution in [0.1, 0.15) is 51.6 Å². The summed E-state index contributed by atoms with van der Waals surface area (Å²) in [5, 5.41) is 5.72. The van der Waals surface area contributed by atoms with Gasteiger partial charge in [-0.2, -0.15) is 0 Å². The van der Waals surface area contributed by atoms with E-state index in [-0.39, 0.29) is 6.61 Å². The number of anilines is 1. The van der Waals surface area contributed by atoms with Crippen molar-refractivity contribution in [2.75, 3.05) is 26.1 Å². The summed E-state index contributed by atoms with van der Waals surface area (Å²) in [6, 6.07) is 15.9. The molecule has 1 aromatic heterocycles. The Bertz CT molecular complexity index is 1630. The second-order valence-electron chi connectivity index (χ2n) is 9.54. The number of halogens is 3. The summed E-state index contributed by atoms with van der Waals surface area (Å²) in [5.74, 6) is 7.50. The van der Waals surface area contributed by atoms with Gasteiger partial charge in [0.25, 0.3) is 0 Å². The Balaban J connectivity index is 1.39. The van der Waals surface area contributed by atoms with E-state index in [1.54, 1.807) is 48.5 Å². The van der Waals surface area contributed by atoms with Crippen molar-refractivity contribution < 1.29 is 18.8 Å². The minimum atomic E-state index is -0.425. The fraction of sp³-hybridized carbons (Fsp3) is 0.226. The molecule has 1 aliphatic rings. The molecule has 0 saturated heterocycles. The monoisotopic (exact) mass is 594 g/mol. The molecule has 3 aromatic carbocycles. The molecule has 0 N–H and O–H groups in total. The predicted molar refractivity (Wildman–Crippen MR) is 158 cm³/mol. The van der Waals surface area contributed by atoms with E-state index in [9.17, 15) is 4.79 Å². The van der Waals surface area contributed by atoms with Crippen molar-refractivity contribution in [1.29, 1.82) is 0 Å². The number of esters is 1. The molecule has 1 heterocycles. The molecule has 1 saturated carbocycles. The Kier molecular flexibility index (Phi) is 8.27. The van der Waals surface area contributed by atoms with Crippen molar-refractivity contribution in [1.82, 2.24) is 5.16 Å². The molecule has 6 nitrogen and oxygen atoms in total. The van der Waals surface area contributed by atoms with Gasteiger partial charge in [0.1, 0.15) is 23.8 Å². The average Bonchev–Trinajstić information content (AvgIpc) is 3.70. The van der Waals surface area contributed by atoms with Gasteiger partial charge in [-0.1, -0.05) is 57.9 Å². The zero-order valence-electron chi connectivity index (χ0n) is 22.1. The van der Waals surface area contributed by atoms with Crippen molar-refractivity contribution in [3.05, 3.63) is 97.7 Å². The smallest absolute Gasteiger partial charge is 0.337 e. The van der Waals surface area contributed by atoms with Crippen molar-refractivity contribution >= 4 is 46.5 Å². The lowest BCUT2D eigenvalue weighted by Gasteiger charge is -2.15. The number of hydrogen-bond acceptors (Lipinski definition) is 6. The fourth-order valence-corrected chi connectivity index (χ4v) is 5.09. The van der Waals surface area contributed by atoms with Crippen LogP contribution in [0.25, 0.3) is 11.3 Å². The minimum Gasteiger partial charge on any atom is -0.489 e. The molecule has 0 unspecified atom stereocenters. The van der Waals surface area contributed by atoms with Crippen LogP contribution in [0.2, 0.25) is 15.1 Å². The highest BCUT2D eigenvalue weighted by molar-refractivity contribution is 6.39. The van der Waals surface area contributed by atoms with Crippen LogP contribution in [0.3, 0.4) is 0 Å². The predicted octanol–water partition coefficient (Wildman–Crippen LogP) is 8.01. The first-order chi connectivity index (χ1) is 19.3. The lowest BCUT2D eigenvalue weighted by atomic mass is 10.0. The second kappa shape index (κ2) is 11.9. The third-order valence-electron chi connectivity index (χ3n) is 6.52. The Morgan fingerprint density at radius 1 is 1.00 bits per heavy atom. The second-order valence-corrected chi connectivity index (χ2v) is 10.8. The molecule has 204 valence electrons. The molecule has 0 spiro atoms. The van der Waals surface area contributed by atoms with Crippen molar-refractivity contribution in [2.24, 2.45) is 0 Å². The lowest BCUT2D eigenvalue weighted by Crippen LogP contribution is -2.11. The quantitative estimate of drug-likeness (QED) is 0.159. The zero-order chi connectivity index (χ0) is 28.4. The maximum absolute atomic E-state index is 12.0. The first-order valence-corrected chi connectivity index (χ1v) is 13.7. The number of rotatable bonds is 7. The highest BCUT2D eigenvalue weighted by atomic mass is 35.5. The number of aromatic nitrogens is 1. The highest BCUT2D eigenvalue weighted by Gasteiger charge is 2.33. The summed E-state index contributed by atoms with van der Waals surface area (Å²) in [4.78, 5) is 13.9. The van der Waals surface area contributed by atoms with Crippen molar-refractivity contribution in [2.45, 2.75) is 25.4 Å². The van der Waals surface area contributed by atoms with E-state index in [2.05, 4.69) is 17.0 Å². The van der Waals surface area contributed by atoms with Crippen LogP contribution in [-0.4, -0.2) is 32.3 Å². The summed E-state index contributed by atoms with van der Waals surface area (Å²) < 4.78 is 16.7. The average molecular weight is 596 g/mol. The first kappa shape index (κ1) is 27.9. The molecule has 0 atom stereocenters. The molecule has 4 aromatic rings. The molecule has 0 amide bonds. The number of hydrogen-bond donors (Lipinski definition) is 0. The lowest BCUT2D eigenvalue weighted by molar-refractivity contribution is 0.0600. The van der Waals surface area contributed by atoms with Gasteiger partial charge in [0, 0.05) is 42.8 Å². The van der Waals surface area contributed by atoms with Gasteiger partial charge in [0.05, 0.1) is 39.0 Å². The highest BCUT2D eigenvalue weighted by Crippen LogP contribution is 2.46. The minimum absolute atomic E-state index is 0.208. The number of nitrogens with zero attached hydrogens (tertiary/aromatic N) is 2. The molecular formula is C31H25Cl3N2O4. The Morgan fingerprint density at radius 3 is 2.38 bits per heavy atom. The third kappa shape index (κ3) is 5.93. The fourth-order valence-electron chi connectivity index (χ4n) is 4.30. The third-order valence-corrected chi connectivity index (χ3v) is 7.46. The maximum atomic E-state index is 12.0. The Hall–Kier alpha value is -3.63. The van der Waals surface area contributed by atoms with E-state index in [0.717, 1.165) is 29.9 Å². The molecule has 0 radical (unpaired) electrons. The van der Waals surface area contributed by atoms with Gasteiger partial charge in [-0.3, -0.25) is 0 Å². The van der Waals surface area contributed by atoms with Gasteiger partial charge in [-0.25, -0.2) is 4.79 Å². The summed E-state index contributed by atoms with van der Waals surface area (Å²) in [6.45, 7) is 0.208. The van der Waals surface area contributed by atoms with Gasteiger partial charge in [0.2, 0.25) is 0 Å². The van der Waals surface area contributed by atoms with Crippen LogP contribution < -0.4 is 9.64 Å². The van der Waals surface area contributed by atoms with E-state index in [1.807, 2.05) is 25.1 Å². The van der Waals surface area contributed by atoms with Crippen molar-refractivity contribution in [3.63, 3.8) is 0 Å². The molecule has 0 bridgehead atoms. The van der Waals surface area contributed by atoms with E-state index in [4.69, 9.17) is 48.8 Å². The van der Waals surface area contributed by atoms with E-state index < -0.39 is 5.97 Å². The Morgan fingerprint density at radius 2 is 1.73 bits per heavy atom. The molecule has 9 heteroatoms. The van der Waals surface area contributed by atoms with Gasteiger partial charge in [0.15, 0.2) is 0 Å². The van der Waals surface area contributed by atoms with E-state index in [1.165, 1.54) is 7.11 Å². The SMILES string of the molecule is COC(=O)c1ccc(N(C)C)c(C#Cc2ccc(OCc3c(-c4c(Cl)cccc4Cl)noc3C3CC3)cc2Cl)c1. The topological polar surface area (TPSA) is 64.8 Å². The summed E-state index contributed by atoms with van der Waals surface area (Å²) in [6.07, 6.45) is 2.07. The summed E-state index contributed by atoms with van der Waals surface area (Å²) in [7, 11) is 5.17. The van der Waals surface area contributed by atoms with Gasteiger partial charge >= 0.3 is 5.97 Å². The van der Waals surface area contributed by atoms with Gasteiger partial charge in [-0.05, 0) is 55.3 Å². The molecule has 1 fully saturated rings. The van der Waals surface area contributed by atoms with Crippen LogP contribution >= 0.6 is 34.8 Å². The Labute approximate surface area is 247 Å². The van der Waals surface area contributed by atoms with Crippen LogP contribution in [0.4, 0.5) is 5.69 Å². The molecule has 40 heavy (non-hydrogen) atoms. The summed E-state index contributed by atoms with van der Waals surface area (Å²) in [5.41, 5.74) is 4.60. The standard InChI is InChI=1S/C31H25Cl3N2O4/c1-36(2)27-14-12-21(31(37)38-3)15-20(27)10-7-18-11-13-22(16-26(18)34)39-17-23-29(35-40-30(23)19-8-9-19)28-24(32)5-4-6-25(28)33/h4-6,11-16,19H,8-9,17H2,1-3H3. The first-order valence-electron chi connectivity index (χ1n) is 12.5. The van der Waals surface area contributed by atoms with Gasteiger partial charge in [-0.15, -0.1) is 0 Å². The molecule has 5 rings (SSSR count). The normalized spacial score (nSPS) is 12.4. The van der Waals surface area contributed by atoms with Crippen molar-refractivity contribution in [3.8, 4) is 28.8 Å². The molecule has 0 aliphatic heterocycles. The number of carbonyl (C=O) groups excluding carboxylic acids is 1. The van der Waals surface area contributed by atoms with Crippen LogP contribution in [0.5, 0.6) is 5.75 Å². The van der Waals surface area contributed by atoms with E-state index >= 15 is 0 Å².